The number of H-pyrrole nitrogens is 1. The molecular weight excluding hydrogens is 250 g/mol. The number of amides is 1. The lowest BCUT2D eigenvalue weighted by atomic mass is 9.89. The van der Waals surface area contributed by atoms with E-state index in [4.69, 9.17) is 4.98 Å². The number of hydrogen-bond donors (Lipinski definition) is 2. The average molecular weight is 269 g/mol. The summed E-state index contributed by atoms with van der Waals surface area (Å²) in [5.74, 6) is 1.73. The van der Waals surface area contributed by atoms with E-state index in [1.54, 1.807) is 0 Å². The van der Waals surface area contributed by atoms with Crippen LogP contribution in [0.15, 0.2) is 12.1 Å². The van der Waals surface area contributed by atoms with Gasteiger partial charge in [0.15, 0.2) is 0 Å². The maximum Gasteiger partial charge on any atom is 0.231 e. The molecule has 1 aliphatic heterocycles. The SMILES string of the molecule is CC1C(=O)Nc2cc3[nH]c(C4CCCCC4)nc3cc21. The highest BCUT2D eigenvalue weighted by molar-refractivity contribution is 6.04. The van der Waals surface area contributed by atoms with Gasteiger partial charge in [-0.1, -0.05) is 19.3 Å². The Hall–Kier alpha value is -1.84. The number of aromatic amines is 1. The number of rotatable bonds is 1. The zero-order valence-corrected chi connectivity index (χ0v) is 11.7. The van der Waals surface area contributed by atoms with Gasteiger partial charge in [0.2, 0.25) is 5.91 Å². The van der Waals surface area contributed by atoms with Gasteiger partial charge in [0.1, 0.15) is 5.82 Å². The highest BCUT2D eigenvalue weighted by Gasteiger charge is 2.28. The van der Waals surface area contributed by atoms with Gasteiger partial charge < -0.3 is 10.3 Å². The van der Waals surface area contributed by atoms with E-state index in [1.807, 2.05) is 13.0 Å². The molecule has 4 rings (SSSR count). The molecule has 0 spiro atoms. The number of nitrogens with zero attached hydrogens (tertiary/aromatic N) is 1. The topological polar surface area (TPSA) is 57.8 Å². The number of carbonyl (C=O) groups excluding carboxylic acids is 1. The number of fused-ring (bicyclic) bond motifs is 2. The summed E-state index contributed by atoms with van der Waals surface area (Å²) >= 11 is 0. The monoisotopic (exact) mass is 269 g/mol. The van der Waals surface area contributed by atoms with Crippen molar-refractivity contribution in [3.05, 3.63) is 23.5 Å². The second-order valence-electron chi connectivity index (χ2n) is 6.12. The lowest BCUT2D eigenvalue weighted by Gasteiger charge is -2.18. The van der Waals surface area contributed by atoms with Gasteiger partial charge in [-0.25, -0.2) is 4.98 Å². The van der Waals surface area contributed by atoms with E-state index in [1.165, 1.54) is 32.1 Å². The lowest BCUT2D eigenvalue weighted by Crippen LogP contribution is -2.08. The maximum absolute atomic E-state index is 11.7. The van der Waals surface area contributed by atoms with E-state index in [0.717, 1.165) is 28.1 Å². The fourth-order valence-corrected chi connectivity index (χ4v) is 3.51. The van der Waals surface area contributed by atoms with Crippen molar-refractivity contribution < 1.29 is 4.79 Å². The van der Waals surface area contributed by atoms with Gasteiger partial charge in [-0.15, -0.1) is 0 Å². The van der Waals surface area contributed by atoms with E-state index in [9.17, 15) is 4.79 Å². The van der Waals surface area contributed by atoms with Gasteiger partial charge >= 0.3 is 0 Å². The van der Waals surface area contributed by atoms with Crippen LogP contribution in [0.25, 0.3) is 11.0 Å². The molecule has 1 saturated carbocycles. The van der Waals surface area contributed by atoms with Gasteiger partial charge in [0.05, 0.1) is 17.0 Å². The van der Waals surface area contributed by atoms with Crippen molar-refractivity contribution >= 4 is 22.6 Å². The molecule has 20 heavy (non-hydrogen) atoms. The second-order valence-corrected chi connectivity index (χ2v) is 6.12. The predicted molar refractivity (Wildman–Crippen MR) is 79.0 cm³/mol. The first-order chi connectivity index (χ1) is 9.72. The summed E-state index contributed by atoms with van der Waals surface area (Å²) in [6.45, 7) is 1.95. The molecule has 1 amide bonds. The number of imidazole rings is 1. The van der Waals surface area contributed by atoms with Crippen LogP contribution in [0.2, 0.25) is 0 Å². The van der Waals surface area contributed by atoms with Crippen molar-refractivity contribution in [1.82, 2.24) is 9.97 Å². The molecule has 4 nitrogen and oxygen atoms in total. The smallest absolute Gasteiger partial charge is 0.231 e. The molecule has 1 aromatic carbocycles. The summed E-state index contributed by atoms with van der Waals surface area (Å²) in [7, 11) is 0. The molecule has 2 aromatic rings. The molecule has 1 aliphatic carbocycles. The molecule has 0 radical (unpaired) electrons. The second kappa shape index (κ2) is 4.33. The Balaban J connectivity index is 1.76. The number of carbonyl (C=O) groups is 1. The van der Waals surface area contributed by atoms with E-state index in [-0.39, 0.29) is 11.8 Å². The summed E-state index contributed by atoms with van der Waals surface area (Å²) < 4.78 is 0. The summed E-state index contributed by atoms with van der Waals surface area (Å²) in [5, 5.41) is 2.94. The van der Waals surface area contributed by atoms with Gasteiger partial charge in [-0.05, 0) is 37.5 Å². The van der Waals surface area contributed by atoms with Crippen LogP contribution in [0.3, 0.4) is 0 Å². The highest BCUT2D eigenvalue weighted by atomic mass is 16.2. The molecule has 0 bridgehead atoms. The van der Waals surface area contributed by atoms with Crippen molar-refractivity contribution in [3.63, 3.8) is 0 Å². The number of aromatic nitrogens is 2. The predicted octanol–water partition coefficient (Wildman–Crippen LogP) is 3.67. The van der Waals surface area contributed by atoms with Crippen molar-refractivity contribution in [1.29, 1.82) is 0 Å². The Morgan fingerprint density at radius 3 is 2.80 bits per heavy atom. The van der Waals surface area contributed by atoms with Gasteiger partial charge in [0, 0.05) is 11.6 Å². The van der Waals surface area contributed by atoms with Gasteiger partial charge in [-0.3, -0.25) is 4.79 Å². The molecule has 2 N–H and O–H groups in total. The number of benzene rings is 1. The lowest BCUT2D eigenvalue weighted by molar-refractivity contribution is -0.116. The van der Waals surface area contributed by atoms with E-state index in [0.29, 0.717) is 5.92 Å². The molecule has 1 unspecified atom stereocenters. The molecule has 1 aromatic heterocycles. The third-order valence-electron chi connectivity index (χ3n) is 4.78. The van der Waals surface area contributed by atoms with E-state index >= 15 is 0 Å². The zero-order valence-electron chi connectivity index (χ0n) is 11.7. The first kappa shape index (κ1) is 11.9. The summed E-state index contributed by atoms with van der Waals surface area (Å²) in [6.07, 6.45) is 6.46. The van der Waals surface area contributed by atoms with Crippen molar-refractivity contribution in [2.45, 2.75) is 50.9 Å². The summed E-state index contributed by atoms with van der Waals surface area (Å²) in [5.41, 5.74) is 4.05. The maximum atomic E-state index is 11.7. The van der Waals surface area contributed by atoms with Gasteiger partial charge in [-0.2, -0.15) is 0 Å². The van der Waals surface area contributed by atoms with Crippen LogP contribution >= 0.6 is 0 Å². The largest absolute Gasteiger partial charge is 0.342 e. The molecule has 1 fully saturated rings. The van der Waals surface area contributed by atoms with Crippen LogP contribution in [0.1, 0.15) is 62.3 Å². The van der Waals surface area contributed by atoms with Crippen molar-refractivity contribution in [2.24, 2.45) is 0 Å². The molecule has 2 heterocycles. The quantitative estimate of drug-likeness (QED) is 0.830. The Labute approximate surface area is 118 Å². The van der Waals surface area contributed by atoms with Crippen LogP contribution in [-0.4, -0.2) is 15.9 Å². The van der Waals surface area contributed by atoms with Crippen LogP contribution in [-0.2, 0) is 4.79 Å². The Bertz CT molecular complexity index is 682. The normalized spacial score (nSPS) is 23.1. The minimum atomic E-state index is -0.0655. The molecular formula is C16H19N3O. The fourth-order valence-electron chi connectivity index (χ4n) is 3.51. The first-order valence-corrected chi connectivity index (χ1v) is 7.57. The minimum Gasteiger partial charge on any atom is -0.342 e. The molecule has 0 saturated heterocycles. The number of nitrogens with one attached hydrogen (secondary N) is 2. The standard InChI is InChI=1S/C16H19N3O/c1-9-11-7-13-14(8-12(11)19-16(9)20)18-15(17-13)10-5-3-2-4-6-10/h7-10H,2-6H2,1H3,(H,17,18)(H,19,20). The van der Waals surface area contributed by atoms with Crippen LogP contribution in [0, 0.1) is 0 Å². The fraction of sp³-hybridized carbons (Fsp3) is 0.500. The van der Waals surface area contributed by atoms with Crippen molar-refractivity contribution in [3.8, 4) is 0 Å². The van der Waals surface area contributed by atoms with Crippen LogP contribution in [0.4, 0.5) is 5.69 Å². The van der Waals surface area contributed by atoms with Crippen molar-refractivity contribution in [2.75, 3.05) is 5.32 Å². The third kappa shape index (κ3) is 1.74. The molecule has 1 atom stereocenters. The summed E-state index contributed by atoms with van der Waals surface area (Å²) in [6, 6.07) is 4.10. The third-order valence-corrected chi connectivity index (χ3v) is 4.78. The highest BCUT2D eigenvalue weighted by Crippen LogP contribution is 2.37. The zero-order chi connectivity index (χ0) is 13.7. The van der Waals surface area contributed by atoms with E-state index < -0.39 is 0 Å². The number of anilines is 1. The van der Waals surface area contributed by atoms with Crippen LogP contribution < -0.4 is 5.32 Å². The Morgan fingerprint density at radius 2 is 2.00 bits per heavy atom. The molecule has 4 heteroatoms. The van der Waals surface area contributed by atoms with E-state index in [2.05, 4.69) is 16.4 Å². The van der Waals surface area contributed by atoms with Gasteiger partial charge in [0.25, 0.3) is 0 Å². The minimum absolute atomic E-state index is 0.0655. The molecule has 104 valence electrons. The Morgan fingerprint density at radius 1 is 1.20 bits per heavy atom. The first-order valence-electron chi connectivity index (χ1n) is 7.57. The van der Waals surface area contributed by atoms with Crippen LogP contribution in [0.5, 0.6) is 0 Å². The average Bonchev–Trinajstić information content (AvgIpc) is 3.00. The summed E-state index contributed by atoms with van der Waals surface area (Å²) in [4.78, 5) is 19.9. The number of hydrogen-bond acceptors (Lipinski definition) is 2. The Kier molecular flexibility index (Phi) is 2.59. The molecule has 2 aliphatic rings.